The first kappa shape index (κ1) is 17.5. The second-order valence-electron chi connectivity index (χ2n) is 5.58. The minimum absolute atomic E-state index is 0.195. The molecule has 126 valence electrons. The largest absolute Gasteiger partial charge is 0.512 e. The predicted molar refractivity (Wildman–Crippen MR) is 96.5 cm³/mol. The molecule has 1 amide bonds. The summed E-state index contributed by atoms with van der Waals surface area (Å²) in [4.78, 5) is 20.7. The Labute approximate surface area is 140 Å². The van der Waals surface area contributed by atoms with E-state index in [1.54, 1.807) is 19.2 Å². The summed E-state index contributed by atoms with van der Waals surface area (Å²) in [5.74, 6) is -0.379. The first-order valence-corrected chi connectivity index (χ1v) is 7.73. The summed E-state index contributed by atoms with van der Waals surface area (Å²) < 4.78 is 0. The molecule has 0 bridgehead atoms. The number of aromatic nitrogens is 2. The molecule has 2 rings (SSSR count). The van der Waals surface area contributed by atoms with Gasteiger partial charge in [-0.15, -0.1) is 0 Å². The molecular formula is C18H22N4O2. The average molecular weight is 326 g/mol. The predicted octanol–water partition coefficient (Wildman–Crippen LogP) is 3.26. The molecule has 1 heterocycles. The van der Waals surface area contributed by atoms with Crippen LogP contribution in [0.15, 0.2) is 29.7 Å². The number of carbonyl (C=O) groups excluding carboxylic acids is 1. The maximum Gasteiger partial charge on any atom is 0.250 e. The highest BCUT2D eigenvalue weighted by Gasteiger charge is 2.20. The van der Waals surface area contributed by atoms with Crippen LogP contribution >= 0.6 is 0 Å². The average Bonchev–Trinajstić information content (AvgIpc) is 2.55. The van der Waals surface area contributed by atoms with Crippen LogP contribution in [0.1, 0.15) is 48.8 Å². The van der Waals surface area contributed by atoms with Gasteiger partial charge >= 0.3 is 0 Å². The van der Waals surface area contributed by atoms with Gasteiger partial charge < -0.3 is 16.6 Å². The third-order valence-corrected chi connectivity index (χ3v) is 3.99. The lowest BCUT2D eigenvalue weighted by molar-refractivity contribution is 0.100. The van der Waals surface area contributed by atoms with Crippen molar-refractivity contribution in [3.05, 3.63) is 46.5 Å². The van der Waals surface area contributed by atoms with E-state index in [0.717, 1.165) is 5.69 Å². The minimum atomic E-state index is -0.629. The Hall–Kier alpha value is -2.89. The second-order valence-corrected chi connectivity index (χ2v) is 5.58. The molecular weight excluding hydrogens is 304 g/mol. The molecule has 0 aliphatic carbocycles. The molecule has 5 N–H and O–H groups in total. The number of allylic oxidation sites excluding steroid dienone is 4. The van der Waals surface area contributed by atoms with Gasteiger partial charge in [0.2, 0.25) is 0 Å². The van der Waals surface area contributed by atoms with Gasteiger partial charge in [-0.05, 0) is 38.0 Å². The molecule has 1 aromatic carbocycles. The number of aryl methyl sites for hydroxylation is 1. The number of nitrogen functional groups attached to an aromatic ring is 1. The Kier molecular flexibility index (Phi) is 4.87. The van der Waals surface area contributed by atoms with E-state index in [1.807, 2.05) is 26.8 Å². The minimum Gasteiger partial charge on any atom is -0.512 e. The third kappa shape index (κ3) is 2.95. The van der Waals surface area contributed by atoms with E-state index in [1.165, 1.54) is 0 Å². The summed E-state index contributed by atoms with van der Waals surface area (Å²) in [5, 5.41) is 10.1. The quantitative estimate of drug-likeness (QED) is 0.453. The number of primary amides is 1. The Morgan fingerprint density at radius 3 is 2.62 bits per heavy atom. The first-order chi connectivity index (χ1) is 11.3. The summed E-state index contributed by atoms with van der Waals surface area (Å²) >= 11 is 0. The third-order valence-electron chi connectivity index (χ3n) is 3.99. The number of fused-ring (bicyclic) bond motifs is 1. The van der Waals surface area contributed by atoms with Crippen molar-refractivity contribution in [2.24, 2.45) is 5.73 Å². The number of benzene rings is 1. The number of amides is 1. The first-order valence-electron chi connectivity index (χ1n) is 7.73. The topological polar surface area (TPSA) is 115 Å². The molecule has 0 spiro atoms. The zero-order valence-corrected chi connectivity index (χ0v) is 14.3. The number of aliphatic hydroxyl groups excluding tert-OH is 1. The van der Waals surface area contributed by atoms with Crippen LogP contribution < -0.4 is 11.5 Å². The lowest BCUT2D eigenvalue weighted by Gasteiger charge is -2.17. The van der Waals surface area contributed by atoms with Crippen LogP contribution in [0.4, 0.5) is 5.69 Å². The fraction of sp³-hybridized carbons (Fsp3) is 0.278. The fourth-order valence-corrected chi connectivity index (χ4v) is 2.71. The number of nitrogens with zero attached hydrogens (tertiary/aromatic N) is 2. The summed E-state index contributed by atoms with van der Waals surface area (Å²) in [6.45, 7) is 7.32. The van der Waals surface area contributed by atoms with E-state index in [0.29, 0.717) is 34.2 Å². The van der Waals surface area contributed by atoms with Crippen LogP contribution in [0.5, 0.6) is 0 Å². The maximum absolute atomic E-state index is 11.8. The standard InChI is InChI=1S/C18H22N4O2/c1-5-11(10(4)14(23)6-2)15-16(19)12(18(20)24)7-13-17(15)21-8-9(3)22-13/h5,7-8,23H,6,19H2,1-4H3,(H2,20,24)/b11-5+,14-10+. The molecule has 0 fully saturated rings. The van der Waals surface area contributed by atoms with Gasteiger partial charge in [0.05, 0.1) is 33.7 Å². The van der Waals surface area contributed by atoms with Gasteiger partial charge in [0.15, 0.2) is 0 Å². The van der Waals surface area contributed by atoms with Gasteiger partial charge in [-0.1, -0.05) is 13.0 Å². The summed E-state index contributed by atoms with van der Waals surface area (Å²) in [6, 6.07) is 1.56. The van der Waals surface area contributed by atoms with Gasteiger partial charge in [-0.2, -0.15) is 0 Å². The van der Waals surface area contributed by atoms with E-state index < -0.39 is 5.91 Å². The van der Waals surface area contributed by atoms with Gasteiger partial charge in [-0.3, -0.25) is 9.78 Å². The van der Waals surface area contributed by atoms with Gasteiger partial charge in [0, 0.05) is 18.2 Å². The van der Waals surface area contributed by atoms with Crippen molar-refractivity contribution < 1.29 is 9.90 Å². The Bertz CT molecular complexity index is 882. The van der Waals surface area contributed by atoms with Gasteiger partial charge in [0.25, 0.3) is 5.91 Å². The van der Waals surface area contributed by atoms with Crippen molar-refractivity contribution in [1.82, 2.24) is 9.97 Å². The zero-order valence-electron chi connectivity index (χ0n) is 14.3. The van der Waals surface area contributed by atoms with Crippen molar-refractivity contribution in [2.45, 2.75) is 34.1 Å². The number of nitrogens with two attached hydrogens (primary N) is 2. The van der Waals surface area contributed by atoms with E-state index in [2.05, 4.69) is 9.97 Å². The smallest absolute Gasteiger partial charge is 0.250 e. The molecule has 6 nitrogen and oxygen atoms in total. The molecule has 0 atom stereocenters. The highest BCUT2D eigenvalue weighted by molar-refractivity contribution is 6.08. The summed E-state index contributed by atoms with van der Waals surface area (Å²) in [5.41, 5.74) is 15.9. The molecule has 0 aliphatic heterocycles. The number of hydrogen-bond acceptors (Lipinski definition) is 5. The highest BCUT2D eigenvalue weighted by atomic mass is 16.3. The molecule has 0 aliphatic rings. The lowest BCUT2D eigenvalue weighted by Crippen LogP contribution is -2.15. The van der Waals surface area contributed by atoms with E-state index >= 15 is 0 Å². The number of aliphatic hydroxyl groups is 1. The number of anilines is 1. The van der Waals surface area contributed by atoms with Crippen LogP contribution in [-0.2, 0) is 0 Å². The SMILES string of the molecule is C/C=C(\C(C)=C(\O)CC)c1c(N)c(C(N)=O)cc2nc(C)cnc12. The van der Waals surface area contributed by atoms with Crippen LogP contribution in [0.25, 0.3) is 16.6 Å². The van der Waals surface area contributed by atoms with Crippen LogP contribution in [-0.4, -0.2) is 21.0 Å². The normalized spacial score (nSPS) is 13.1. The second kappa shape index (κ2) is 6.70. The van der Waals surface area contributed by atoms with E-state index in [-0.39, 0.29) is 17.0 Å². The monoisotopic (exact) mass is 326 g/mol. The van der Waals surface area contributed by atoms with Gasteiger partial charge in [0.1, 0.15) is 0 Å². The van der Waals surface area contributed by atoms with Crippen molar-refractivity contribution in [3.8, 4) is 0 Å². The zero-order chi connectivity index (χ0) is 18.0. The van der Waals surface area contributed by atoms with Crippen molar-refractivity contribution in [3.63, 3.8) is 0 Å². The highest BCUT2D eigenvalue weighted by Crippen LogP contribution is 2.36. The van der Waals surface area contributed by atoms with Crippen molar-refractivity contribution >= 4 is 28.2 Å². The van der Waals surface area contributed by atoms with Crippen molar-refractivity contribution in [1.29, 1.82) is 0 Å². The molecule has 24 heavy (non-hydrogen) atoms. The molecule has 2 aromatic rings. The van der Waals surface area contributed by atoms with Gasteiger partial charge in [-0.25, -0.2) is 4.98 Å². The number of carbonyl (C=O) groups is 1. The number of rotatable bonds is 4. The fourth-order valence-electron chi connectivity index (χ4n) is 2.71. The molecule has 0 saturated heterocycles. The van der Waals surface area contributed by atoms with E-state index in [9.17, 15) is 9.90 Å². The van der Waals surface area contributed by atoms with Crippen LogP contribution in [0.2, 0.25) is 0 Å². The molecule has 1 aromatic heterocycles. The Morgan fingerprint density at radius 1 is 1.42 bits per heavy atom. The Balaban J connectivity index is 2.95. The molecule has 6 heteroatoms. The maximum atomic E-state index is 11.8. The Morgan fingerprint density at radius 2 is 2.08 bits per heavy atom. The lowest BCUT2D eigenvalue weighted by atomic mass is 9.92. The van der Waals surface area contributed by atoms with Crippen molar-refractivity contribution in [2.75, 3.05) is 5.73 Å². The summed E-state index contributed by atoms with van der Waals surface area (Å²) in [7, 11) is 0. The van der Waals surface area contributed by atoms with Crippen LogP contribution in [0.3, 0.4) is 0 Å². The molecule has 0 saturated carbocycles. The van der Waals surface area contributed by atoms with Crippen LogP contribution in [0, 0.1) is 6.92 Å². The summed E-state index contributed by atoms with van der Waals surface area (Å²) in [6.07, 6.45) is 3.96. The molecule has 0 unspecified atom stereocenters. The molecule has 0 radical (unpaired) electrons. The van der Waals surface area contributed by atoms with E-state index in [4.69, 9.17) is 11.5 Å². The number of hydrogen-bond donors (Lipinski definition) is 3.